The highest BCUT2D eigenvalue weighted by Crippen LogP contribution is 2.26. The Morgan fingerprint density at radius 3 is 2.61 bits per heavy atom. The molecule has 0 radical (unpaired) electrons. The first kappa shape index (κ1) is 16.4. The van der Waals surface area contributed by atoms with Crippen LogP contribution in [0.1, 0.15) is 60.5 Å². The first-order chi connectivity index (χ1) is 11.0. The monoisotopic (exact) mass is 316 g/mol. The molecule has 5 nitrogen and oxygen atoms in total. The first-order valence-electron chi connectivity index (χ1n) is 8.86. The van der Waals surface area contributed by atoms with E-state index in [9.17, 15) is 4.79 Å². The molecule has 2 aliphatic rings. The Kier molecular flexibility index (Phi) is 4.95. The van der Waals surface area contributed by atoms with E-state index in [4.69, 9.17) is 0 Å². The standard InChI is InChI=1S/C18H28N4O/c1-13-5-4-8-22(12-13)18(23)16-11-14(2)19-17(20-16)15-6-9-21(3)10-7-15/h11,13,15H,4-10,12H2,1-3H3/t13-/m0/s1. The Balaban J connectivity index is 1.78. The molecule has 126 valence electrons. The van der Waals surface area contributed by atoms with E-state index in [0.29, 0.717) is 17.5 Å². The summed E-state index contributed by atoms with van der Waals surface area (Å²) in [6.45, 7) is 8.05. The zero-order valence-corrected chi connectivity index (χ0v) is 14.6. The Morgan fingerprint density at radius 2 is 1.91 bits per heavy atom. The SMILES string of the molecule is Cc1cc(C(=O)N2CCC[C@H](C)C2)nc(C2CCN(C)CC2)n1. The highest BCUT2D eigenvalue weighted by atomic mass is 16.2. The van der Waals surface area contributed by atoms with Crippen molar-refractivity contribution in [1.29, 1.82) is 0 Å². The lowest BCUT2D eigenvalue weighted by Gasteiger charge is -2.31. The van der Waals surface area contributed by atoms with Crippen LogP contribution < -0.4 is 0 Å². The summed E-state index contributed by atoms with van der Waals surface area (Å²) < 4.78 is 0. The number of aryl methyl sites for hydroxylation is 1. The van der Waals surface area contributed by atoms with Crippen LogP contribution in [0.2, 0.25) is 0 Å². The lowest BCUT2D eigenvalue weighted by Crippen LogP contribution is -2.39. The van der Waals surface area contributed by atoms with Crippen molar-refractivity contribution < 1.29 is 4.79 Å². The highest BCUT2D eigenvalue weighted by Gasteiger charge is 2.26. The van der Waals surface area contributed by atoms with E-state index in [1.165, 1.54) is 6.42 Å². The van der Waals surface area contributed by atoms with E-state index >= 15 is 0 Å². The summed E-state index contributed by atoms with van der Waals surface area (Å²) in [6, 6.07) is 1.85. The third-order valence-corrected chi connectivity index (χ3v) is 5.12. The average Bonchev–Trinajstić information content (AvgIpc) is 2.54. The van der Waals surface area contributed by atoms with E-state index in [0.717, 1.165) is 57.0 Å². The fourth-order valence-corrected chi connectivity index (χ4v) is 3.69. The van der Waals surface area contributed by atoms with Gasteiger partial charge in [-0.15, -0.1) is 0 Å². The van der Waals surface area contributed by atoms with Gasteiger partial charge in [0.15, 0.2) is 0 Å². The van der Waals surface area contributed by atoms with Gasteiger partial charge < -0.3 is 9.80 Å². The number of piperidine rings is 2. The largest absolute Gasteiger partial charge is 0.337 e. The second-order valence-corrected chi connectivity index (χ2v) is 7.33. The number of nitrogens with zero attached hydrogens (tertiary/aromatic N) is 4. The van der Waals surface area contributed by atoms with Crippen molar-refractivity contribution in [2.24, 2.45) is 5.92 Å². The van der Waals surface area contributed by atoms with E-state index in [1.807, 2.05) is 17.9 Å². The molecular formula is C18H28N4O. The smallest absolute Gasteiger partial charge is 0.272 e. The van der Waals surface area contributed by atoms with Crippen molar-refractivity contribution in [2.45, 2.75) is 45.4 Å². The van der Waals surface area contributed by atoms with Gasteiger partial charge in [0.1, 0.15) is 11.5 Å². The van der Waals surface area contributed by atoms with Crippen LogP contribution in [0.3, 0.4) is 0 Å². The quantitative estimate of drug-likeness (QED) is 0.841. The zero-order valence-electron chi connectivity index (χ0n) is 14.6. The van der Waals surface area contributed by atoms with Gasteiger partial charge in [0.25, 0.3) is 5.91 Å². The van der Waals surface area contributed by atoms with E-state index in [2.05, 4.69) is 28.8 Å². The molecule has 5 heteroatoms. The molecule has 2 aliphatic heterocycles. The Hall–Kier alpha value is -1.49. The topological polar surface area (TPSA) is 49.3 Å². The summed E-state index contributed by atoms with van der Waals surface area (Å²) in [5.41, 5.74) is 1.49. The Labute approximate surface area is 139 Å². The maximum Gasteiger partial charge on any atom is 0.272 e. The third-order valence-electron chi connectivity index (χ3n) is 5.12. The van der Waals surface area contributed by atoms with Crippen LogP contribution in [0, 0.1) is 12.8 Å². The molecule has 0 aliphatic carbocycles. The number of amides is 1. The molecule has 3 heterocycles. The molecule has 0 unspecified atom stereocenters. The second-order valence-electron chi connectivity index (χ2n) is 7.33. The molecule has 3 rings (SSSR count). The molecule has 1 aromatic heterocycles. The molecule has 0 bridgehead atoms. The zero-order chi connectivity index (χ0) is 16.4. The molecule has 1 amide bonds. The van der Waals surface area contributed by atoms with Crippen molar-refractivity contribution in [3.63, 3.8) is 0 Å². The van der Waals surface area contributed by atoms with E-state index in [-0.39, 0.29) is 5.91 Å². The summed E-state index contributed by atoms with van der Waals surface area (Å²) in [7, 11) is 2.15. The molecule has 0 aromatic carbocycles. The number of hydrogen-bond acceptors (Lipinski definition) is 4. The molecule has 0 spiro atoms. The van der Waals surface area contributed by atoms with Gasteiger partial charge in [-0.05, 0) is 64.7 Å². The molecule has 1 aromatic rings. The Morgan fingerprint density at radius 1 is 1.17 bits per heavy atom. The summed E-state index contributed by atoms with van der Waals surface area (Å²) in [6.07, 6.45) is 4.47. The van der Waals surface area contributed by atoms with Crippen LogP contribution in [-0.4, -0.2) is 58.9 Å². The van der Waals surface area contributed by atoms with Crippen molar-refractivity contribution in [2.75, 3.05) is 33.2 Å². The normalized spacial score (nSPS) is 24.0. The van der Waals surface area contributed by atoms with Crippen molar-refractivity contribution in [3.05, 3.63) is 23.3 Å². The lowest BCUT2D eigenvalue weighted by atomic mass is 9.96. The highest BCUT2D eigenvalue weighted by molar-refractivity contribution is 5.92. The number of carbonyl (C=O) groups excluding carboxylic acids is 1. The number of carbonyl (C=O) groups is 1. The van der Waals surface area contributed by atoms with Gasteiger partial charge >= 0.3 is 0 Å². The first-order valence-corrected chi connectivity index (χ1v) is 8.86. The van der Waals surface area contributed by atoms with Gasteiger partial charge in [0.05, 0.1) is 0 Å². The minimum absolute atomic E-state index is 0.0798. The molecule has 0 saturated carbocycles. The van der Waals surface area contributed by atoms with Gasteiger partial charge in [-0.3, -0.25) is 4.79 Å². The number of aromatic nitrogens is 2. The van der Waals surface area contributed by atoms with Crippen LogP contribution in [0.5, 0.6) is 0 Å². The molecule has 2 saturated heterocycles. The second kappa shape index (κ2) is 6.95. The van der Waals surface area contributed by atoms with Crippen LogP contribution >= 0.6 is 0 Å². The molecular weight excluding hydrogens is 288 g/mol. The third kappa shape index (κ3) is 3.89. The predicted molar refractivity (Wildman–Crippen MR) is 90.5 cm³/mol. The van der Waals surface area contributed by atoms with Crippen LogP contribution in [0.4, 0.5) is 0 Å². The lowest BCUT2D eigenvalue weighted by molar-refractivity contribution is 0.0676. The summed E-state index contributed by atoms with van der Waals surface area (Å²) in [5.74, 6) is 1.92. The van der Waals surface area contributed by atoms with Crippen LogP contribution in [-0.2, 0) is 0 Å². The molecule has 23 heavy (non-hydrogen) atoms. The maximum absolute atomic E-state index is 12.8. The minimum atomic E-state index is 0.0798. The summed E-state index contributed by atoms with van der Waals surface area (Å²) >= 11 is 0. The molecule has 1 atom stereocenters. The fourth-order valence-electron chi connectivity index (χ4n) is 3.69. The van der Waals surface area contributed by atoms with Gasteiger partial charge in [-0.25, -0.2) is 9.97 Å². The van der Waals surface area contributed by atoms with Crippen LogP contribution in [0.25, 0.3) is 0 Å². The average molecular weight is 316 g/mol. The van der Waals surface area contributed by atoms with E-state index < -0.39 is 0 Å². The maximum atomic E-state index is 12.8. The fraction of sp³-hybridized carbons (Fsp3) is 0.722. The predicted octanol–water partition coefficient (Wildman–Crippen LogP) is 2.47. The number of likely N-dealkylation sites (tertiary alicyclic amines) is 2. The van der Waals surface area contributed by atoms with Crippen molar-refractivity contribution in [1.82, 2.24) is 19.8 Å². The van der Waals surface area contributed by atoms with Crippen molar-refractivity contribution >= 4 is 5.91 Å². The van der Waals surface area contributed by atoms with Gasteiger partial charge in [-0.2, -0.15) is 0 Å². The van der Waals surface area contributed by atoms with Gasteiger partial charge in [-0.1, -0.05) is 6.92 Å². The van der Waals surface area contributed by atoms with Crippen LogP contribution in [0.15, 0.2) is 6.07 Å². The van der Waals surface area contributed by atoms with Gasteiger partial charge in [0.2, 0.25) is 0 Å². The summed E-state index contributed by atoms with van der Waals surface area (Å²) in [5, 5.41) is 0. The number of hydrogen-bond donors (Lipinski definition) is 0. The van der Waals surface area contributed by atoms with Gasteiger partial charge in [0, 0.05) is 24.7 Å². The molecule has 2 fully saturated rings. The Bertz CT molecular complexity index is 566. The van der Waals surface area contributed by atoms with Crippen molar-refractivity contribution in [3.8, 4) is 0 Å². The summed E-state index contributed by atoms with van der Waals surface area (Å²) in [4.78, 5) is 26.4. The van der Waals surface area contributed by atoms with E-state index in [1.54, 1.807) is 0 Å². The minimum Gasteiger partial charge on any atom is -0.337 e. The molecule has 0 N–H and O–H groups in total. The number of rotatable bonds is 2.